The van der Waals surface area contributed by atoms with Crippen molar-refractivity contribution in [3.05, 3.63) is 53.3 Å². The number of fused-ring (bicyclic) bond motifs is 1. The van der Waals surface area contributed by atoms with Gasteiger partial charge in [0.15, 0.2) is 0 Å². The Morgan fingerprint density at radius 2 is 1.90 bits per heavy atom. The second-order valence-corrected chi connectivity index (χ2v) is 10.5. The molecule has 0 saturated carbocycles. The molecule has 2 heterocycles. The Morgan fingerprint density at radius 3 is 2.53 bits per heavy atom. The van der Waals surface area contributed by atoms with E-state index in [-0.39, 0.29) is 29.7 Å². The Labute approximate surface area is 178 Å². The highest BCUT2D eigenvalue weighted by atomic mass is 32.2. The van der Waals surface area contributed by atoms with Crippen LogP contribution >= 0.6 is 0 Å². The number of amides is 1. The van der Waals surface area contributed by atoms with Crippen LogP contribution in [0.5, 0.6) is 5.75 Å². The molecule has 7 nitrogen and oxygen atoms in total. The van der Waals surface area contributed by atoms with E-state index in [1.54, 1.807) is 23.3 Å². The van der Waals surface area contributed by atoms with Crippen molar-refractivity contribution in [1.29, 1.82) is 0 Å². The summed E-state index contributed by atoms with van der Waals surface area (Å²) in [5.41, 5.74) is 2.34. The topological polar surface area (TPSA) is 88.1 Å². The maximum atomic E-state index is 12.9. The molecule has 0 radical (unpaired) electrons. The van der Waals surface area contributed by atoms with Crippen molar-refractivity contribution in [1.82, 2.24) is 10.2 Å². The highest BCUT2D eigenvalue weighted by Crippen LogP contribution is 2.26. The molecular weight excluding hydrogens is 402 g/mol. The minimum atomic E-state index is -3.42. The van der Waals surface area contributed by atoms with E-state index in [0.717, 1.165) is 16.9 Å². The molecule has 2 aliphatic heterocycles. The third kappa shape index (κ3) is 5.11. The monoisotopic (exact) mass is 431 g/mol. The zero-order valence-electron chi connectivity index (χ0n) is 18.1. The first-order valence-electron chi connectivity index (χ1n) is 9.95. The predicted octanol–water partition coefficient (Wildman–Crippen LogP) is 2.71. The van der Waals surface area contributed by atoms with Gasteiger partial charge in [0, 0.05) is 12.7 Å². The molecule has 1 aromatic rings. The summed E-state index contributed by atoms with van der Waals surface area (Å²) in [7, 11) is -3.42. The normalized spacial score (nSPS) is 18.8. The molecule has 1 aromatic carbocycles. The molecule has 0 fully saturated rings. The highest BCUT2D eigenvalue weighted by molar-refractivity contribution is 7.90. The molecule has 1 amide bonds. The molecule has 0 aromatic heterocycles. The third-order valence-corrected chi connectivity index (χ3v) is 6.40. The van der Waals surface area contributed by atoms with Gasteiger partial charge in [0.1, 0.15) is 18.2 Å². The van der Waals surface area contributed by atoms with Gasteiger partial charge >= 0.3 is 0 Å². The number of carbonyl (C=O) groups excluding carboxylic acids is 1. The molecule has 1 atom stereocenters. The van der Waals surface area contributed by atoms with Gasteiger partial charge in [0.05, 0.1) is 17.4 Å². The number of para-hydroxylation sites is 1. The quantitative estimate of drug-likeness (QED) is 0.774. The van der Waals surface area contributed by atoms with Crippen molar-refractivity contribution in [2.75, 3.05) is 18.9 Å². The van der Waals surface area contributed by atoms with Gasteiger partial charge in [0.2, 0.25) is 0 Å². The fourth-order valence-corrected chi connectivity index (χ4v) is 4.25. The Morgan fingerprint density at radius 1 is 1.23 bits per heavy atom. The zero-order valence-corrected chi connectivity index (χ0v) is 18.9. The molecule has 2 aliphatic rings. The number of benzene rings is 1. The fourth-order valence-electron chi connectivity index (χ4n) is 3.28. The lowest BCUT2D eigenvalue weighted by Crippen LogP contribution is -2.48. The third-order valence-electron chi connectivity index (χ3n) is 5.24. The number of sulfonamides is 1. The van der Waals surface area contributed by atoms with Crippen molar-refractivity contribution >= 4 is 21.8 Å². The Balaban J connectivity index is 1.72. The summed E-state index contributed by atoms with van der Waals surface area (Å²) in [5.74, 6) is 0.879. The molecule has 1 N–H and O–H groups in total. The predicted molar refractivity (Wildman–Crippen MR) is 118 cm³/mol. The number of hydrogen-bond donors (Lipinski definition) is 1. The smallest absolute Gasteiger partial charge is 0.256 e. The van der Waals surface area contributed by atoms with Gasteiger partial charge in [-0.3, -0.25) is 4.79 Å². The molecule has 0 bridgehead atoms. The average Bonchev–Trinajstić information content (AvgIpc) is 2.64. The van der Waals surface area contributed by atoms with Gasteiger partial charge in [-0.25, -0.2) is 8.42 Å². The van der Waals surface area contributed by atoms with E-state index in [1.807, 2.05) is 32.0 Å². The van der Waals surface area contributed by atoms with E-state index in [0.29, 0.717) is 18.0 Å². The summed E-state index contributed by atoms with van der Waals surface area (Å²) >= 11 is 0. The maximum Gasteiger partial charge on any atom is 0.256 e. The lowest BCUT2D eigenvalue weighted by atomic mass is 9.87. The van der Waals surface area contributed by atoms with Crippen molar-refractivity contribution in [3.63, 3.8) is 0 Å². The molecule has 0 spiro atoms. The minimum absolute atomic E-state index is 0.0655. The van der Waals surface area contributed by atoms with Crippen LogP contribution in [-0.4, -0.2) is 50.0 Å². The van der Waals surface area contributed by atoms with Crippen LogP contribution in [-0.2, 0) is 14.8 Å². The maximum absolute atomic E-state index is 12.9. The summed E-state index contributed by atoms with van der Waals surface area (Å²) in [6.07, 6.45) is 4.80. The van der Waals surface area contributed by atoms with Gasteiger partial charge < -0.3 is 15.0 Å². The number of carbonyl (C=O) groups is 1. The summed E-state index contributed by atoms with van der Waals surface area (Å²) in [5, 5.41) is 3.08. The van der Waals surface area contributed by atoms with Gasteiger partial charge in [-0.1, -0.05) is 39.0 Å². The van der Waals surface area contributed by atoms with Crippen LogP contribution in [0.25, 0.3) is 0 Å². The lowest BCUT2D eigenvalue weighted by molar-refractivity contribution is -0.119. The number of nitrogens with one attached hydrogen (secondary N) is 1. The number of aryl methyl sites for hydroxylation is 2. The van der Waals surface area contributed by atoms with Crippen molar-refractivity contribution in [2.24, 2.45) is 9.81 Å². The number of rotatable bonds is 5. The van der Waals surface area contributed by atoms with Crippen LogP contribution < -0.4 is 10.1 Å². The first-order valence-corrected chi connectivity index (χ1v) is 11.6. The summed E-state index contributed by atoms with van der Waals surface area (Å²) in [6.45, 7) is 10.8. The Bertz CT molecular complexity index is 1010. The Hall–Kier alpha value is -2.61. The second-order valence-electron chi connectivity index (χ2n) is 8.77. The van der Waals surface area contributed by atoms with Crippen molar-refractivity contribution < 1.29 is 17.9 Å². The number of hydrogen-bond acceptors (Lipinski definition) is 5. The van der Waals surface area contributed by atoms with Crippen LogP contribution in [0.1, 0.15) is 31.9 Å². The summed E-state index contributed by atoms with van der Waals surface area (Å²) in [4.78, 5) is 14.6. The van der Waals surface area contributed by atoms with E-state index < -0.39 is 10.0 Å². The SMILES string of the molecule is Cc1cccc(C)c1OC[C@H](NC(=O)C1=CN2CCS(=O)(=O)N=C2C=C1)C(C)(C)C. The molecule has 0 aliphatic carbocycles. The van der Waals surface area contributed by atoms with Gasteiger partial charge in [-0.05, 0) is 42.5 Å². The van der Waals surface area contributed by atoms with Crippen molar-refractivity contribution in [3.8, 4) is 5.75 Å². The second kappa shape index (κ2) is 8.26. The van der Waals surface area contributed by atoms with Crippen LogP contribution in [0.2, 0.25) is 0 Å². The lowest BCUT2D eigenvalue weighted by Gasteiger charge is -2.32. The first-order chi connectivity index (χ1) is 14.0. The standard InChI is InChI=1S/C22H29N3O4S/c1-15-7-6-8-16(2)20(15)29-14-18(22(3,4)5)23-21(26)17-9-10-19-24-30(27,28)12-11-25(19)13-17/h6-10,13,18H,11-12,14H2,1-5H3,(H,23,26)/t18-/m0/s1. The van der Waals surface area contributed by atoms with Gasteiger partial charge in [-0.2, -0.15) is 0 Å². The first kappa shape index (κ1) is 22.1. The van der Waals surface area contributed by atoms with Gasteiger partial charge in [0.25, 0.3) is 15.9 Å². The highest BCUT2D eigenvalue weighted by Gasteiger charge is 2.30. The van der Waals surface area contributed by atoms with Crippen LogP contribution in [0.4, 0.5) is 0 Å². The van der Waals surface area contributed by atoms with E-state index in [1.165, 1.54) is 0 Å². The Kier molecular flexibility index (Phi) is 6.08. The fraction of sp³-hybridized carbons (Fsp3) is 0.455. The molecule has 30 heavy (non-hydrogen) atoms. The average molecular weight is 432 g/mol. The van der Waals surface area contributed by atoms with Crippen LogP contribution in [0.3, 0.4) is 0 Å². The summed E-state index contributed by atoms with van der Waals surface area (Å²) in [6, 6.07) is 5.77. The molecule has 8 heteroatoms. The number of ether oxygens (including phenoxy) is 1. The van der Waals surface area contributed by atoms with Gasteiger partial charge in [-0.15, -0.1) is 4.40 Å². The molecule has 3 rings (SSSR count). The van der Waals surface area contributed by atoms with Crippen molar-refractivity contribution in [2.45, 2.75) is 40.7 Å². The van der Waals surface area contributed by atoms with E-state index in [4.69, 9.17) is 4.74 Å². The largest absolute Gasteiger partial charge is 0.491 e. The van der Waals surface area contributed by atoms with E-state index in [9.17, 15) is 13.2 Å². The zero-order chi connectivity index (χ0) is 22.1. The molecule has 0 saturated heterocycles. The molecule has 162 valence electrons. The van der Waals surface area contributed by atoms with Crippen LogP contribution in [0, 0.1) is 19.3 Å². The summed E-state index contributed by atoms with van der Waals surface area (Å²) < 4.78 is 33.1. The number of amidine groups is 1. The van der Waals surface area contributed by atoms with E-state index >= 15 is 0 Å². The molecular formula is C22H29N3O4S. The minimum Gasteiger partial charge on any atom is -0.491 e. The van der Waals surface area contributed by atoms with Crippen LogP contribution in [0.15, 0.2) is 46.5 Å². The van der Waals surface area contributed by atoms with E-state index in [2.05, 4.69) is 30.5 Å². The molecule has 0 unspecified atom stereocenters. The number of nitrogens with zero attached hydrogens (tertiary/aromatic N) is 2.